The third-order valence-corrected chi connectivity index (χ3v) is 6.23. The number of aliphatic imine (C=N–C) groups is 1. The number of aliphatic hydroxyl groups is 1. The van der Waals surface area contributed by atoms with E-state index in [4.69, 9.17) is 9.63 Å². The Bertz CT molecular complexity index is 1140. The van der Waals surface area contributed by atoms with Crippen LogP contribution < -0.4 is 0 Å². The number of aliphatic hydroxyl groups excluding tert-OH is 1. The number of aryl methyl sites for hydroxylation is 1. The van der Waals surface area contributed by atoms with Crippen molar-refractivity contribution in [1.82, 2.24) is 5.16 Å². The Morgan fingerprint density at radius 2 is 1.91 bits per heavy atom. The van der Waals surface area contributed by atoms with E-state index >= 15 is 0 Å². The summed E-state index contributed by atoms with van der Waals surface area (Å²) < 4.78 is 5.48. The van der Waals surface area contributed by atoms with Gasteiger partial charge in [0, 0.05) is 32.1 Å². The number of carbonyl (C=O) groups is 3. The number of ketones is 2. The fraction of sp³-hybridized carbons (Fsp3) is 0.400. The lowest BCUT2D eigenvalue weighted by Gasteiger charge is -2.20. The Balaban J connectivity index is 1.53. The predicted molar refractivity (Wildman–Crippen MR) is 120 cm³/mol. The molecule has 2 unspecified atom stereocenters. The van der Waals surface area contributed by atoms with Gasteiger partial charge in [0.2, 0.25) is 0 Å². The molecule has 1 aromatic heterocycles. The van der Waals surface area contributed by atoms with Gasteiger partial charge in [-0.3, -0.25) is 14.6 Å². The van der Waals surface area contributed by atoms with Crippen molar-refractivity contribution in [3.05, 3.63) is 64.2 Å². The highest BCUT2D eigenvalue weighted by atomic mass is 16.5. The lowest BCUT2D eigenvalue weighted by atomic mass is 9.81. The number of carboxylic acid groups (broad SMARTS) is 1. The maximum atomic E-state index is 12.9. The van der Waals surface area contributed by atoms with E-state index in [0.29, 0.717) is 48.4 Å². The van der Waals surface area contributed by atoms with Crippen molar-refractivity contribution in [2.45, 2.75) is 63.8 Å². The third kappa shape index (κ3) is 4.79. The van der Waals surface area contributed by atoms with Gasteiger partial charge in [-0.15, -0.1) is 0 Å². The normalized spacial score (nSPS) is 22.2. The molecule has 4 rings (SSSR count). The number of carboxylic acids is 1. The van der Waals surface area contributed by atoms with E-state index in [9.17, 15) is 19.5 Å². The molecule has 2 aliphatic carbocycles. The summed E-state index contributed by atoms with van der Waals surface area (Å²) in [5.74, 6) is -0.955. The average Bonchev–Trinajstić information content (AvgIpc) is 3.21. The molecule has 1 aromatic carbocycles. The molecule has 8 nitrogen and oxygen atoms in total. The molecule has 0 aliphatic heterocycles. The van der Waals surface area contributed by atoms with Gasteiger partial charge in [0.15, 0.2) is 11.6 Å². The third-order valence-electron chi connectivity index (χ3n) is 6.23. The first-order valence-electron chi connectivity index (χ1n) is 11.2. The Morgan fingerprint density at radius 3 is 2.64 bits per heavy atom. The van der Waals surface area contributed by atoms with Gasteiger partial charge in [-0.2, -0.15) is 0 Å². The van der Waals surface area contributed by atoms with E-state index in [1.165, 1.54) is 6.92 Å². The topological polar surface area (TPSA) is 130 Å². The number of nitrogens with zero attached hydrogens (tertiary/aromatic N) is 2. The second kappa shape index (κ2) is 9.52. The van der Waals surface area contributed by atoms with Gasteiger partial charge in [-0.1, -0.05) is 35.5 Å². The number of Topliss-reactive ketones (excluding diaryl/α,β-unsaturated/α-hetero) is 2. The van der Waals surface area contributed by atoms with Crippen LogP contribution in [0.3, 0.4) is 0 Å². The minimum absolute atomic E-state index is 0.0392. The van der Waals surface area contributed by atoms with Gasteiger partial charge in [0.25, 0.3) is 0 Å². The van der Waals surface area contributed by atoms with Crippen molar-refractivity contribution in [2.24, 2.45) is 4.99 Å². The first kappa shape index (κ1) is 22.6. The van der Waals surface area contributed by atoms with Crippen LogP contribution in [0.5, 0.6) is 0 Å². The lowest BCUT2D eigenvalue weighted by Crippen LogP contribution is -2.25. The van der Waals surface area contributed by atoms with E-state index in [0.717, 1.165) is 5.56 Å². The van der Waals surface area contributed by atoms with Crippen LogP contribution in [-0.2, 0) is 22.4 Å². The predicted octanol–water partition coefficient (Wildman–Crippen LogP) is 4.00. The van der Waals surface area contributed by atoms with E-state index in [-0.39, 0.29) is 48.1 Å². The summed E-state index contributed by atoms with van der Waals surface area (Å²) >= 11 is 0. The van der Waals surface area contributed by atoms with E-state index in [1.54, 1.807) is 0 Å². The largest absolute Gasteiger partial charge is 0.511 e. The standard InChI is InChI=1S/C25H26N2O6/c1-14(25(31)32)26-17-8-5-9-19(28)23(17)20(29)11-10-18-24-21(30)12-16(13-22(24)33-27-18)15-6-3-2-4-7-15/h2-4,6-7,14,16,29H,5,8-13H2,1H3,(H,31,32)/b23-20-,26-17?. The highest BCUT2D eigenvalue weighted by Crippen LogP contribution is 2.35. The molecule has 0 spiro atoms. The van der Waals surface area contributed by atoms with Crippen LogP contribution in [0.4, 0.5) is 0 Å². The molecular formula is C25H26N2O6. The molecule has 33 heavy (non-hydrogen) atoms. The van der Waals surface area contributed by atoms with Crippen LogP contribution in [0.2, 0.25) is 0 Å². The van der Waals surface area contributed by atoms with Crippen LogP contribution in [-0.4, -0.2) is 44.7 Å². The van der Waals surface area contributed by atoms with Crippen molar-refractivity contribution in [1.29, 1.82) is 0 Å². The average molecular weight is 450 g/mol. The number of rotatable bonds is 6. The summed E-state index contributed by atoms with van der Waals surface area (Å²) in [6.45, 7) is 1.43. The first-order chi connectivity index (χ1) is 15.8. The number of hydrogen-bond acceptors (Lipinski definition) is 7. The molecule has 1 saturated carbocycles. The number of aliphatic carboxylic acids is 1. The molecule has 0 bridgehead atoms. The molecule has 8 heteroatoms. The Labute approximate surface area is 191 Å². The summed E-state index contributed by atoms with van der Waals surface area (Å²) in [6, 6.07) is 8.80. The Hall–Kier alpha value is -3.55. The summed E-state index contributed by atoms with van der Waals surface area (Å²) in [7, 11) is 0. The van der Waals surface area contributed by atoms with Gasteiger partial charge in [-0.05, 0) is 31.2 Å². The molecular weight excluding hydrogens is 424 g/mol. The Kier molecular flexibility index (Phi) is 6.53. The van der Waals surface area contributed by atoms with Crippen LogP contribution in [0.1, 0.15) is 72.3 Å². The fourth-order valence-electron chi connectivity index (χ4n) is 4.51. The number of hydrogen-bond donors (Lipinski definition) is 2. The van der Waals surface area contributed by atoms with Gasteiger partial charge < -0.3 is 14.7 Å². The number of benzene rings is 1. The lowest BCUT2D eigenvalue weighted by molar-refractivity contribution is -0.138. The molecule has 2 N–H and O–H groups in total. The van der Waals surface area contributed by atoms with E-state index < -0.39 is 12.0 Å². The summed E-state index contributed by atoms with van der Waals surface area (Å²) in [5.41, 5.74) is 2.44. The van der Waals surface area contributed by atoms with Gasteiger partial charge >= 0.3 is 5.97 Å². The second-order valence-electron chi connectivity index (χ2n) is 8.55. The minimum Gasteiger partial charge on any atom is -0.511 e. The molecule has 2 atom stereocenters. The number of aromatic nitrogens is 1. The van der Waals surface area contributed by atoms with Crippen LogP contribution in [0, 0.1) is 0 Å². The molecule has 172 valence electrons. The molecule has 2 aromatic rings. The van der Waals surface area contributed by atoms with Gasteiger partial charge in [-0.25, -0.2) is 4.79 Å². The zero-order valence-corrected chi connectivity index (χ0v) is 18.4. The fourth-order valence-corrected chi connectivity index (χ4v) is 4.51. The molecule has 1 fully saturated rings. The van der Waals surface area contributed by atoms with Crippen LogP contribution >= 0.6 is 0 Å². The van der Waals surface area contributed by atoms with Crippen molar-refractivity contribution in [3.8, 4) is 0 Å². The maximum Gasteiger partial charge on any atom is 0.328 e. The second-order valence-corrected chi connectivity index (χ2v) is 8.55. The van der Waals surface area contributed by atoms with Crippen molar-refractivity contribution in [2.75, 3.05) is 0 Å². The highest BCUT2D eigenvalue weighted by Gasteiger charge is 2.33. The Morgan fingerprint density at radius 1 is 1.15 bits per heavy atom. The molecule has 0 saturated heterocycles. The zero-order chi connectivity index (χ0) is 23.5. The number of carbonyl (C=O) groups excluding carboxylic acids is 2. The van der Waals surface area contributed by atoms with Crippen molar-refractivity contribution >= 4 is 23.2 Å². The van der Waals surface area contributed by atoms with Crippen LogP contribution in [0.25, 0.3) is 0 Å². The minimum atomic E-state index is -1.10. The summed E-state index contributed by atoms with van der Waals surface area (Å²) in [5, 5.41) is 23.9. The van der Waals surface area contributed by atoms with E-state index in [2.05, 4.69) is 10.1 Å². The SMILES string of the molecule is CC(N=C1CCCC(=O)/C1=C(\O)CCc1noc2c1C(=O)CC(c1ccccc1)C2)C(=O)O. The van der Waals surface area contributed by atoms with E-state index in [1.807, 2.05) is 30.3 Å². The summed E-state index contributed by atoms with van der Waals surface area (Å²) in [6.07, 6.45) is 2.52. The highest BCUT2D eigenvalue weighted by molar-refractivity contribution is 6.24. The quantitative estimate of drug-likeness (QED) is 0.502. The van der Waals surface area contributed by atoms with Crippen molar-refractivity contribution in [3.63, 3.8) is 0 Å². The molecule has 1 heterocycles. The first-order valence-corrected chi connectivity index (χ1v) is 11.2. The molecule has 0 amide bonds. The summed E-state index contributed by atoms with van der Waals surface area (Å²) in [4.78, 5) is 40.7. The zero-order valence-electron chi connectivity index (χ0n) is 18.4. The smallest absolute Gasteiger partial charge is 0.328 e. The maximum absolute atomic E-state index is 12.9. The number of allylic oxidation sites excluding steroid dienone is 2. The van der Waals surface area contributed by atoms with Crippen LogP contribution in [0.15, 0.2) is 51.2 Å². The number of fused-ring (bicyclic) bond motifs is 1. The molecule has 0 radical (unpaired) electrons. The van der Waals surface area contributed by atoms with Gasteiger partial charge in [0.1, 0.15) is 17.6 Å². The van der Waals surface area contributed by atoms with Crippen molar-refractivity contribution < 1.29 is 29.1 Å². The molecule has 2 aliphatic rings. The van der Waals surface area contributed by atoms with Gasteiger partial charge in [0.05, 0.1) is 22.5 Å². The monoisotopic (exact) mass is 450 g/mol.